The molecule has 5 heteroatoms. The van der Waals surface area contributed by atoms with Crippen LogP contribution in [0, 0.1) is 5.92 Å². The van der Waals surface area contributed by atoms with Gasteiger partial charge in [0.2, 0.25) is 5.91 Å². The molecule has 2 aromatic rings. The molecule has 1 aliphatic heterocycles. The Balaban J connectivity index is 1.48. The van der Waals surface area contributed by atoms with Crippen molar-refractivity contribution in [2.24, 2.45) is 5.92 Å². The lowest BCUT2D eigenvalue weighted by atomic mass is 9.82. The van der Waals surface area contributed by atoms with Gasteiger partial charge in [-0.1, -0.05) is 38.8 Å². The predicted octanol–water partition coefficient (Wildman–Crippen LogP) is 4.85. The third-order valence-electron chi connectivity index (χ3n) is 7.23. The van der Waals surface area contributed by atoms with Crippen LogP contribution in [-0.2, 0) is 0 Å². The fraction of sp³-hybridized carbons (Fsp3) is 0.667. The summed E-state index contributed by atoms with van der Waals surface area (Å²) in [4.78, 5) is 28.2. The number of piperidine rings is 1. The Labute approximate surface area is 173 Å². The molecule has 1 saturated heterocycles. The first-order chi connectivity index (χ1) is 14.1. The van der Waals surface area contributed by atoms with E-state index in [0.29, 0.717) is 6.42 Å². The van der Waals surface area contributed by atoms with E-state index >= 15 is 0 Å². The van der Waals surface area contributed by atoms with Crippen LogP contribution in [0.2, 0.25) is 0 Å². The average molecular weight is 398 g/mol. The van der Waals surface area contributed by atoms with Crippen molar-refractivity contribution in [3.8, 4) is 0 Å². The molecule has 0 unspecified atom stereocenters. The second-order valence-electron chi connectivity index (χ2n) is 8.95. The molecule has 1 aromatic carbocycles. The molecule has 2 aliphatic rings. The number of aromatic nitrogens is 2. The van der Waals surface area contributed by atoms with Gasteiger partial charge >= 0.3 is 5.69 Å². The third kappa shape index (κ3) is 3.94. The molecule has 1 saturated carbocycles. The van der Waals surface area contributed by atoms with Gasteiger partial charge in [-0.25, -0.2) is 9.36 Å². The van der Waals surface area contributed by atoms with Crippen LogP contribution in [0.5, 0.6) is 0 Å². The fourth-order valence-corrected chi connectivity index (χ4v) is 5.64. The molecular weight excluding hydrogens is 362 g/mol. The zero-order chi connectivity index (χ0) is 20.4. The molecule has 1 aromatic heterocycles. The summed E-state index contributed by atoms with van der Waals surface area (Å²) in [6, 6.07) is 8.66. The van der Waals surface area contributed by atoms with E-state index in [4.69, 9.17) is 0 Å². The standard InChI is InChI=1S/C24H35N3O2/c1-3-7-18-10-12-19(13-11-18)25-16-14-20(15-17-25)26-21-8-5-6-9-22(21)27(24(26)29)23(28)4-2/h5-6,8-9,18-20H,3-4,7,10-17H2,1-2H3. The predicted molar refractivity (Wildman–Crippen MR) is 118 cm³/mol. The van der Waals surface area contributed by atoms with E-state index in [1.807, 2.05) is 35.8 Å². The van der Waals surface area contributed by atoms with Gasteiger partial charge in [-0.2, -0.15) is 0 Å². The number of carbonyl (C=O) groups is 1. The van der Waals surface area contributed by atoms with Crippen LogP contribution in [0.1, 0.15) is 82.5 Å². The van der Waals surface area contributed by atoms with Crippen LogP contribution in [0.4, 0.5) is 0 Å². The summed E-state index contributed by atoms with van der Waals surface area (Å²) < 4.78 is 3.29. The van der Waals surface area contributed by atoms with Gasteiger partial charge in [0.05, 0.1) is 11.0 Å². The maximum absolute atomic E-state index is 13.2. The van der Waals surface area contributed by atoms with Gasteiger partial charge in [-0.3, -0.25) is 9.36 Å². The van der Waals surface area contributed by atoms with E-state index in [-0.39, 0.29) is 17.6 Å². The number of rotatable bonds is 5. The molecule has 29 heavy (non-hydrogen) atoms. The monoisotopic (exact) mass is 397 g/mol. The molecule has 2 fully saturated rings. The van der Waals surface area contributed by atoms with E-state index in [2.05, 4.69) is 11.8 Å². The van der Waals surface area contributed by atoms with E-state index < -0.39 is 0 Å². The summed E-state index contributed by atoms with van der Waals surface area (Å²) in [5.74, 6) is 0.820. The first-order valence-corrected chi connectivity index (χ1v) is 11.6. The lowest BCUT2D eigenvalue weighted by Crippen LogP contribution is -2.44. The summed E-state index contributed by atoms with van der Waals surface area (Å²) >= 11 is 0. The zero-order valence-corrected chi connectivity index (χ0v) is 18.0. The van der Waals surface area contributed by atoms with Crippen molar-refractivity contribution < 1.29 is 4.79 Å². The van der Waals surface area contributed by atoms with Crippen molar-refractivity contribution in [2.75, 3.05) is 13.1 Å². The van der Waals surface area contributed by atoms with Crippen LogP contribution < -0.4 is 5.69 Å². The second kappa shape index (κ2) is 8.86. The van der Waals surface area contributed by atoms with E-state index in [0.717, 1.165) is 48.9 Å². The first kappa shape index (κ1) is 20.4. The summed E-state index contributed by atoms with van der Waals surface area (Å²) in [5.41, 5.74) is 1.50. The summed E-state index contributed by atoms with van der Waals surface area (Å²) in [7, 11) is 0. The van der Waals surface area contributed by atoms with Gasteiger partial charge < -0.3 is 4.90 Å². The molecule has 4 rings (SSSR count). The van der Waals surface area contributed by atoms with Gasteiger partial charge in [-0.15, -0.1) is 0 Å². The number of benzene rings is 1. The second-order valence-corrected chi connectivity index (χ2v) is 8.95. The fourth-order valence-electron chi connectivity index (χ4n) is 5.64. The molecule has 0 spiro atoms. The Hall–Kier alpha value is -1.88. The minimum absolute atomic E-state index is 0.119. The Morgan fingerprint density at radius 1 is 0.931 bits per heavy atom. The molecule has 158 valence electrons. The highest BCUT2D eigenvalue weighted by molar-refractivity contribution is 5.90. The minimum Gasteiger partial charge on any atom is -0.300 e. The highest BCUT2D eigenvalue weighted by Crippen LogP contribution is 2.33. The topological polar surface area (TPSA) is 47.2 Å². The van der Waals surface area contributed by atoms with Crippen molar-refractivity contribution in [1.82, 2.24) is 14.0 Å². The molecule has 0 N–H and O–H groups in total. The van der Waals surface area contributed by atoms with Crippen molar-refractivity contribution >= 4 is 16.9 Å². The largest absolute Gasteiger partial charge is 0.336 e. The average Bonchev–Trinajstić information content (AvgIpc) is 3.06. The number of likely N-dealkylation sites (tertiary alicyclic amines) is 1. The molecule has 0 amide bonds. The maximum Gasteiger partial charge on any atom is 0.336 e. The number of fused-ring (bicyclic) bond motifs is 1. The molecular formula is C24H35N3O2. The van der Waals surface area contributed by atoms with Gasteiger partial charge in [0, 0.05) is 31.6 Å². The van der Waals surface area contributed by atoms with E-state index in [1.165, 1.54) is 43.1 Å². The molecule has 0 radical (unpaired) electrons. The highest BCUT2D eigenvalue weighted by Gasteiger charge is 2.31. The Morgan fingerprint density at radius 3 is 2.21 bits per heavy atom. The number of hydrogen-bond acceptors (Lipinski definition) is 3. The third-order valence-corrected chi connectivity index (χ3v) is 7.23. The Morgan fingerprint density at radius 2 is 1.59 bits per heavy atom. The minimum atomic E-state index is -0.156. The maximum atomic E-state index is 13.2. The first-order valence-electron chi connectivity index (χ1n) is 11.6. The summed E-state index contributed by atoms with van der Waals surface area (Å²) in [5, 5.41) is 0. The molecule has 0 bridgehead atoms. The van der Waals surface area contributed by atoms with Crippen LogP contribution in [0.15, 0.2) is 29.1 Å². The molecule has 1 aliphatic carbocycles. The van der Waals surface area contributed by atoms with Crippen molar-refractivity contribution in [3.63, 3.8) is 0 Å². The SMILES string of the molecule is CCCC1CCC(N2CCC(n3c(=O)n(C(=O)CC)c4ccccc43)CC2)CC1. The Kier molecular flexibility index (Phi) is 6.23. The zero-order valence-electron chi connectivity index (χ0n) is 18.0. The van der Waals surface area contributed by atoms with Gasteiger partial charge in [0.15, 0.2) is 0 Å². The summed E-state index contributed by atoms with van der Waals surface area (Å²) in [6.45, 7) is 6.22. The van der Waals surface area contributed by atoms with Crippen molar-refractivity contribution in [1.29, 1.82) is 0 Å². The Bertz CT molecular complexity index is 896. The lowest BCUT2D eigenvalue weighted by molar-refractivity contribution is 0.0896. The number of imidazole rings is 1. The smallest absolute Gasteiger partial charge is 0.300 e. The number of nitrogens with zero attached hydrogens (tertiary/aromatic N) is 3. The molecule has 5 nitrogen and oxygen atoms in total. The van der Waals surface area contributed by atoms with Gasteiger partial charge in [0.1, 0.15) is 0 Å². The van der Waals surface area contributed by atoms with Crippen molar-refractivity contribution in [2.45, 2.75) is 83.7 Å². The number of hydrogen-bond donors (Lipinski definition) is 0. The van der Waals surface area contributed by atoms with Crippen LogP contribution in [0.3, 0.4) is 0 Å². The molecule has 0 atom stereocenters. The highest BCUT2D eigenvalue weighted by atomic mass is 16.2. The van der Waals surface area contributed by atoms with E-state index in [1.54, 1.807) is 0 Å². The van der Waals surface area contributed by atoms with Crippen LogP contribution in [-0.4, -0.2) is 39.1 Å². The number of para-hydroxylation sites is 2. The molecule has 2 heterocycles. The van der Waals surface area contributed by atoms with Crippen LogP contribution in [0.25, 0.3) is 11.0 Å². The van der Waals surface area contributed by atoms with Gasteiger partial charge in [0.25, 0.3) is 0 Å². The normalized spacial score (nSPS) is 24.2. The van der Waals surface area contributed by atoms with Crippen molar-refractivity contribution in [3.05, 3.63) is 34.7 Å². The number of carbonyl (C=O) groups excluding carboxylic acids is 1. The quantitative estimate of drug-likeness (QED) is 0.725. The van der Waals surface area contributed by atoms with E-state index in [9.17, 15) is 9.59 Å². The summed E-state index contributed by atoms with van der Waals surface area (Å²) in [6.07, 6.45) is 10.4. The van der Waals surface area contributed by atoms with Crippen LogP contribution >= 0.6 is 0 Å². The van der Waals surface area contributed by atoms with Gasteiger partial charge in [-0.05, 0) is 56.6 Å². The lowest BCUT2D eigenvalue weighted by Gasteiger charge is -2.41.